The lowest BCUT2D eigenvalue weighted by Gasteiger charge is -2.20. The van der Waals surface area contributed by atoms with E-state index in [1.165, 1.54) is 0 Å². The molecular formula is C11H13N3O3. The normalized spacial score (nSPS) is 18.5. The lowest BCUT2D eigenvalue weighted by molar-refractivity contribution is -0.142. The summed E-state index contributed by atoms with van der Waals surface area (Å²) in [6, 6.07) is 0. The van der Waals surface area contributed by atoms with Gasteiger partial charge in [0.15, 0.2) is 0 Å². The van der Waals surface area contributed by atoms with Crippen molar-refractivity contribution >= 4 is 11.9 Å². The average molecular weight is 235 g/mol. The number of hydrogen-bond acceptors (Lipinski definition) is 4. The first-order chi connectivity index (χ1) is 8.06. The van der Waals surface area contributed by atoms with E-state index in [1.807, 2.05) is 0 Å². The topological polar surface area (TPSA) is 106 Å². The van der Waals surface area contributed by atoms with Crippen molar-refractivity contribution in [3.05, 3.63) is 23.3 Å². The zero-order valence-electron chi connectivity index (χ0n) is 9.22. The number of nitrogens with two attached hydrogens (primary N) is 1. The molecule has 0 radical (unpaired) electrons. The number of carbonyl (C=O) groups is 2. The number of aryl methyl sites for hydroxylation is 1. The van der Waals surface area contributed by atoms with Crippen molar-refractivity contribution in [1.82, 2.24) is 9.97 Å². The molecule has 0 saturated carbocycles. The van der Waals surface area contributed by atoms with Gasteiger partial charge in [-0.1, -0.05) is 0 Å². The van der Waals surface area contributed by atoms with Crippen LogP contribution in [0.5, 0.6) is 0 Å². The van der Waals surface area contributed by atoms with Gasteiger partial charge in [-0.2, -0.15) is 0 Å². The van der Waals surface area contributed by atoms with Gasteiger partial charge in [0.25, 0.3) is 0 Å². The molecule has 0 aliphatic heterocycles. The molecule has 1 heterocycles. The molecule has 1 amide bonds. The predicted octanol–water partition coefficient (Wildman–Crippen LogP) is -0.306. The Kier molecular flexibility index (Phi) is 3.03. The lowest BCUT2D eigenvalue weighted by Crippen LogP contribution is -2.24. The molecule has 1 atom stereocenters. The van der Waals surface area contributed by atoms with Crippen LogP contribution in [0.2, 0.25) is 0 Å². The van der Waals surface area contributed by atoms with Crippen molar-refractivity contribution in [2.75, 3.05) is 0 Å². The summed E-state index contributed by atoms with van der Waals surface area (Å²) in [5.41, 5.74) is 6.77. The zero-order valence-corrected chi connectivity index (χ0v) is 9.22. The molecule has 1 aliphatic carbocycles. The highest BCUT2D eigenvalue weighted by Gasteiger charge is 2.25. The number of amides is 1. The number of hydrogen-bond donors (Lipinski definition) is 2. The predicted molar refractivity (Wildman–Crippen MR) is 58.1 cm³/mol. The summed E-state index contributed by atoms with van der Waals surface area (Å²) in [6.07, 6.45) is 3.28. The van der Waals surface area contributed by atoms with Crippen molar-refractivity contribution in [3.8, 4) is 0 Å². The highest BCUT2D eigenvalue weighted by atomic mass is 16.4. The van der Waals surface area contributed by atoms with Crippen LogP contribution in [-0.2, 0) is 28.9 Å². The molecule has 1 aromatic rings. The summed E-state index contributed by atoms with van der Waals surface area (Å²) in [5, 5.41) is 8.94. The maximum Gasteiger partial charge on any atom is 0.306 e. The zero-order chi connectivity index (χ0) is 12.4. The number of primary amides is 1. The van der Waals surface area contributed by atoms with E-state index < -0.39 is 11.9 Å². The van der Waals surface area contributed by atoms with E-state index in [1.54, 1.807) is 6.20 Å². The average Bonchev–Trinajstić information content (AvgIpc) is 2.27. The molecule has 0 aromatic carbocycles. The van der Waals surface area contributed by atoms with E-state index in [0.29, 0.717) is 25.1 Å². The smallest absolute Gasteiger partial charge is 0.306 e. The second-order valence-corrected chi connectivity index (χ2v) is 4.18. The Bertz CT molecular complexity index is 473. The van der Waals surface area contributed by atoms with Crippen molar-refractivity contribution in [2.24, 2.45) is 11.7 Å². The molecule has 17 heavy (non-hydrogen) atoms. The highest BCUT2D eigenvalue weighted by Crippen LogP contribution is 2.23. The summed E-state index contributed by atoms with van der Waals surface area (Å²) in [6.45, 7) is 0. The van der Waals surface area contributed by atoms with Gasteiger partial charge in [0, 0.05) is 11.9 Å². The standard InChI is InChI=1S/C11H13N3O3/c12-9(15)4-10-13-5-7-3-6(11(16)17)1-2-8(7)14-10/h5-6H,1-4H2,(H2,12,15)(H,16,17). The number of rotatable bonds is 3. The second kappa shape index (κ2) is 4.48. The van der Waals surface area contributed by atoms with Crippen molar-refractivity contribution in [2.45, 2.75) is 25.7 Å². The van der Waals surface area contributed by atoms with E-state index in [9.17, 15) is 9.59 Å². The molecule has 1 aromatic heterocycles. The number of nitrogens with zero attached hydrogens (tertiary/aromatic N) is 2. The summed E-state index contributed by atoms with van der Waals surface area (Å²) in [5.74, 6) is -1.20. The van der Waals surface area contributed by atoms with E-state index >= 15 is 0 Å². The molecule has 6 heteroatoms. The van der Waals surface area contributed by atoms with Crippen LogP contribution >= 0.6 is 0 Å². The quantitative estimate of drug-likeness (QED) is 0.747. The molecule has 3 N–H and O–H groups in total. The van der Waals surface area contributed by atoms with Crippen molar-refractivity contribution in [1.29, 1.82) is 0 Å². The summed E-state index contributed by atoms with van der Waals surface area (Å²) < 4.78 is 0. The van der Waals surface area contributed by atoms with E-state index in [2.05, 4.69) is 9.97 Å². The van der Waals surface area contributed by atoms with Crippen LogP contribution in [0.1, 0.15) is 23.5 Å². The van der Waals surface area contributed by atoms with E-state index in [0.717, 1.165) is 11.3 Å². The molecule has 1 aliphatic rings. The third-order valence-electron chi connectivity index (χ3n) is 2.88. The number of aliphatic carboxylic acids is 1. The Morgan fingerprint density at radius 3 is 2.94 bits per heavy atom. The molecular weight excluding hydrogens is 222 g/mol. The number of carboxylic acids is 1. The molecule has 2 rings (SSSR count). The van der Waals surface area contributed by atoms with Gasteiger partial charge in [-0.05, 0) is 24.8 Å². The largest absolute Gasteiger partial charge is 0.481 e. The number of fused-ring (bicyclic) bond motifs is 1. The maximum atomic E-state index is 10.9. The maximum absolute atomic E-state index is 10.9. The molecule has 1 unspecified atom stereocenters. The molecule has 0 bridgehead atoms. The van der Waals surface area contributed by atoms with Crippen LogP contribution < -0.4 is 5.73 Å². The van der Waals surface area contributed by atoms with Crippen LogP contribution in [0, 0.1) is 5.92 Å². The molecule has 0 spiro atoms. The van der Waals surface area contributed by atoms with Crippen LogP contribution in [-0.4, -0.2) is 27.0 Å². The van der Waals surface area contributed by atoms with Gasteiger partial charge in [-0.15, -0.1) is 0 Å². The summed E-state index contributed by atoms with van der Waals surface area (Å²) in [7, 11) is 0. The van der Waals surface area contributed by atoms with Gasteiger partial charge in [0.05, 0.1) is 12.3 Å². The van der Waals surface area contributed by atoms with Crippen LogP contribution in [0.15, 0.2) is 6.20 Å². The SMILES string of the molecule is NC(=O)Cc1ncc2c(n1)CCC(C(=O)O)C2. The Morgan fingerprint density at radius 2 is 2.29 bits per heavy atom. The minimum atomic E-state index is -0.781. The fourth-order valence-corrected chi connectivity index (χ4v) is 2.00. The van der Waals surface area contributed by atoms with E-state index in [-0.39, 0.29) is 12.3 Å². The monoisotopic (exact) mass is 235 g/mol. The minimum Gasteiger partial charge on any atom is -0.481 e. The third kappa shape index (κ3) is 2.58. The van der Waals surface area contributed by atoms with Gasteiger partial charge in [-0.3, -0.25) is 9.59 Å². The first kappa shape index (κ1) is 11.5. The van der Waals surface area contributed by atoms with Gasteiger partial charge in [-0.25, -0.2) is 9.97 Å². The lowest BCUT2D eigenvalue weighted by atomic mass is 9.87. The Balaban J connectivity index is 2.19. The van der Waals surface area contributed by atoms with Gasteiger partial charge < -0.3 is 10.8 Å². The fraction of sp³-hybridized carbons (Fsp3) is 0.455. The first-order valence-corrected chi connectivity index (χ1v) is 5.41. The first-order valence-electron chi connectivity index (χ1n) is 5.41. The second-order valence-electron chi connectivity index (χ2n) is 4.18. The Labute approximate surface area is 97.9 Å². The highest BCUT2D eigenvalue weighted by molar-refractivity contribution is 5.75. The Morgan fingerprint density at radius 1 is 1.53 bits per heavy atom. The van der Waals surface area contributed by atoms with E-state index in [4.69, 9.17) is 10.8 Å². The molecule has 6 nitrogen and oxygen atoms in total. The van der Waals surface area contributed by atoms with Gasteiger partial charge >= 0.3 is 5.97 Å². The van der Waals surface area contributed by atoms with Gasteiger partial charge in [0.2, 0.25) is 5.91 Å². The van der Waals surface area contributed by atoms with Crippen LogP contribution in [0.25, 0.3) is 0 Å². The van der Waals surface area contributed by atoms with Crippen molar-refractivity contribution < 1.29 is 14.7 Å². The summed E-state index contributed by atoms with van der Waals surface area (Å²) in [4.78, 5) is 29.9. The molecule has 0 fully saturated rings. The van der Waals surface area contributed by atoms with Crippen LogP contribution in [0.4, 0.5) is 0 Å². The third-order valence-corrected chi connectivity index (χ3v) is 2.88. The number of carboxylic acid groups (broad SMARTS) is 1. The molecule has 90 valence electrons. The fourth-order valence-electron chi connectivity index (χ4n) is 2.00. The van der Waals surface area contributed by atoms with Crippen molar-refractivity contribution in [3.63, 3.8) is 0 Å². The summed E-state index contributed by atoms with van der Waals surface area (Å²) >= 11 is 0. The minimum absolute atomic E-state index is 0.0235. The van der Waals surface area contributed by atoms with Gasteiger partial charge in [0.1, 0.15) is 5.82 Å². The van der Waals surface area contributed by atoms with Crippen LogP contribution in [0.3, 0.4) is 0 Å². The Hall–Kier alpha value is -1.98. The number of aromatic nitrogens is 2. The number of carbonyl (C=O) groups excluding carboxylic acids is 1. The molecule has 0 saturated heterocycles.